The zero-order valence-corrected chi connectivity index (χ0v) is 18.3. The highest BCUT2D eigenvalue weighted by atomic mass is 79.9. The van der Waals surface area contributed by atoms with Gasteiger partial charge in [0.05, 0.1) is 23.3 Å². The fourth-order valence-corrected chi connectivity index (χ4v) is 5.47. The van der Waals surface area contributed by atoms with Gasteiger partial charge in [-0.1, -0.05) is 52.5 Å². The van der Waals surface area contributed by atoms with Crippen LogP contribution in [0.1, 0.15) is 24.3 Å². The molecule has 3 aromatic rings. The van der Waals surface area contributed by atoms with Gasteiger partial charge in [-0.25, -0.2) is 4.98 Å². The van der Waals surface area contributed by atoms with Crippen molar-refractivity contribution in [2.24, 2.45) is 0 Å². The van der Waals surface area contributed by atoms with Crippen molar-refractivity contribution in [3.05, 3.63) is 62.2 Å². The Morgan fingerprint density at radius 3 is 2.85 bits per heavy atom. The molecule has 0 aliphatic carbocycles. The molecule has 2 aromatic heterocycles. The number of benzene rings is 1. The van der Waals surface area contributed by atoms with Crippen LogP contribution in [0.2, 0.25) is 0 Å². The molecule has 3 heterocycles. The number of hydrogen-bond donors (Lipinski definition) is 0. The van der Waals surface area contributed by atoms with E-state index in [0.717, 1.165) is 37.2 Å². The number of thioether (sulfide) groups is 1. The molecule has 0 unspecified atom stereocenters. The van der Waals surface area contributed by atoms with Gasteiger partial charge in [0.1, 0.15) is 4.83 Å². The SMILES string of the molecule is C=C(Br)CSc1nc2sc3c(c2c(=O)n1-c1ccccc1)CC(C)(C)OC3. The molecule has 140 valence electrons. The average Bonchev–Trinajstić information content (AvgIpc) is 2.97. The molecule has 7 heteroatoms. The first kappa shape index (κ1) is 18.9. The van der Waals surface area contributed by atoms with Crippen LogP contribution in [0.5, 0.6) is 0 Å². The van der Waals surface area contributed by atoms with Gasteiger partial charge in [-0.2, -0.15) is 0 Å². The van der Waals surface area contributed by atoms with E-state index in [0.29, 0.717) is 17.5 Å². The summed E-state index contributed by atoms with van der Waals surface area (Å²) >= 11 is 6.47. The third-order valence-electron chi connectivity index (χ3n) is 4.45. The highest BCUT2D eigenvalue weighted by Crippen LogP contribution is 2.38. The molecule has 0 fully saturated rings. The monoisotopic (exact) mass is 462 g/mol. The average molecular weight is 463 g/mol. The number of aromatic nitrogens is 2. The number of hydrogen-bond acceptors (Lipinski definition) is 5. The molecule has 0 amide bonds. The van der Waals surface area contributed by atoms with Crippen molar-refractivity contribution >= 4 is 49.2 Å². The molecule has 4 rings (SSSR count). The Labute approximate surface area is 174 Å². The summed E-state index contributed by atoms with van der Waals surface area (Å²) in [4.78, 5) is 20.3. The number of ether oxygens (including phenoxy) is 1. The zero-order chi connectivity index (χ0) is 19.2. The second-order valence-electron chi connectivity index (χ2n) is 7.09. The van der Waals surface area contributed by atoms with Crippen molar-refractivity contribution in [2.75, 3.05) is 5.75 Å². The van der Waals surface area contributed by atoms with E-state index in [-0.39, 0.29) is 11.2 Å². The van der Waals surface area contributed by atoms with Crippen LogP contribution in [0.15, 0.2) is 51.3 Å². The largest absolute Gasteiger partial charge is 0.370 e. The topological polar surface area (TPSA) is 44.1 Å². The van der Waals surface area contributed by atoms with Crippen LogP contribution >= 0.6 is 39.0 Å². The van der Waals surface area contributed by atoms with Crippen LogP contribution in [-0.4, -0.2) is 20.9 Å². The summed E-state index contributed by atoms with van der Waals surface area (Å²) in [5.41, 5.74) is 1.64. The molecule has 1 aromatic carbocycles. The van der Waals surface area contributed by atoms with Crippen LogP contribution in [0.3, 0.4) is 0 Å². The van der Waals surface area contributed by atoms with Gasteiger partial charge in [0, 0.05) is 17.1 Å². The second kappa shape index (κ2) is 7.20. The van der Waals surface area contributed by atoms with Crippen molar-refractivity contribution in [3.8, 4) is 5.69 Å². The van der Waals surface area contributed by atoms with Crippen molar-refractivity contribution in [1.29, 1.82) is 0 Å². The minimum absolute atomic E-state index is 0.0101. The highest BCUT2D eigenvalue weighted by Gasteiger charge is 2.31. The minimum atomic E-state index is -0.272. The van der Waals surface area contributed by atoms with Crippen molar-refractivity contribution in [3.63, 3.8) is 0 Å². The number of thiophene rings is 1. The zero-order valence-electron chi connectivity index (χ0n) is 15.1. The van der Waals surface area contributed by atoms with Gasteiger partial charge < -0.3 is 4.74 Å². The van der Waals surface area contributed by atoms with E-state index in [1.165, 1.54) is 11.8 Å². The van der Waals surface area contributed by atoms with E-state index in [1.54, 1.807) is 15.9 Å². The lowest BCUT2D eigenvalue weighted by Gasteiger charge is -2.29. The summed E-state index contributed by atoms with van der Waals surface area (Å²) in [5, 5.41) is 1.41. The van der Waals surface area contributed by atoms with Gasteiger partial charge >= 0.3 is 0 Å². The summed E-state index contributed by atoms with van der Waals surface area (Å²) in [6.07, 6.45) is 0.721. The van der Waals surface area contributed by atoms with Crippen LogP contribution in [-0.2, 0) is 17.8 Å². The van der Waals surface area contributed by atoms with Crippen molar-refractivity contribution < 1.29 is 4.74 Å². The number of fused-ring (bicyclic) bond motifs is 3. The van der Waals surface area contributed by atoms with E-state index in [4.69, 9.17) is 9.72 Å². The molecular formula is C20H19BrN2O2S2. The van der Waals surface area contributed by atoms with E-state index >= 15 is 0 Å². The lowest BCUT2D eigenvalue weighted by molar-refractivity contribution is -0.0379. The van der Waals surface area contributed by atoms with Crippen LogP contribution < -0.4 is 5.56 Å². The van der Waals surface area contributed by atoms with Crippen molar-refractivity contribution in [1.82, 2.24) is 9.55 Å². The third kappa shape index (κ3) is 3.66. The molecule has 0 N–H and O–H groups in total. The molecule has 0 bridgehead atoms. The summed E-state index contributed by atoms with van der Waals surface area (Å²) < 4.78 is 8.52. The number of nitrogens with zero attached hydrogens (tertiary/aromatic N) is 2. The molecule has 0 atom stereocenters. The first-order chi connectivity index (χ1) is 12.9. The summed E-state index contributed by atoms with van der Waals surface area (Å²) in [7, 11) is 0. The van der Waals surface area contributed by atoms with E-state index in [1.807, 2.05) is 30.3 Å². The number of para-hydroxylation sites is 1. The maximum Gasteiger partial charge on any atom is 0.267 e. The quantitative estimate of drug-likeness (QED) is 0.389. The van der Waals surface area contributed by atoms with Gasteiger partial charge in [0.15, 0.2) is 5.16 Å². The molecule has 1 aliphatic heterocycles. The molecule has 1 aliphatic rings. The molecule has 0 saturated carbocycles. The van der Waals surface area contributed by atoms with E-state index in [2.05, 4.69) is 36.4 Å². The summed E-state index contributed by atoms with van der Waals surface area (Å²) in [5.74, 6) is 0.645. The number of rotatable bonds is 4. The van der Waals surface area contributed by atoms with Crippen molar-refractivity contribution in [2.45, 2.75) is 37.6 Å². The fourth-order valence-electron chi connectivity index (χ4n) is 3.22. The normalized spacial score (nSPS) is 15.7. The van der Waals surface area contributed by atoms with Gasteiger partial charge in [-0.05, 0) is 36.0 Å². The standard InChI is InChI=1S/C20H19BrN2O2S2/c1-12(21)11-26-19-22-17-16(14-9-20(2,3)25-10-15(14)27-17)18(24)23(19)13-7-5-4-6-8-13/h4-8H,1,9-11H2,2-3H3. The highest BCUT2D eigenvalue weighted by molar-refractivity contribution is 9.11. The maximum absolute atomic E-state index is 13.6. The predicted octanol–water partition coefficient (Wildman–Crippen LogP) is 5.30. The Kier molecular flexibility index (Phi) is 5.05. The molecular weight excluding hydrogens is 444 g/mol. The smallest absolute Gasteiger partial charge is 0.267 e. The first-order valence-corrected chi connectivity index (χ1v) is 11.2. The lowest BCUT2D eigenvalue weighted by Crippen LogP contribution is -2.32. The molecule has 0 saturated heterocycles. The first-order valence-electron chi connectivity index (χ1n) is 8.58. The maximum atomic E-state index is 13.6. The Balaban J connectivity index is 1.97. The Morgan fingerprint density at radius 1 is 1.41 bits per heavy atom. The van der Waals surface area contributed by atoms with Gasteiger partial charge in [0.25, 0.3) is 5.56 Å². The summed E-state index contributed by atoms with van der Waals surface area (Å²) in [6, 6.07) is 9.69. The molecule has 0 spiro atoms. The third-order valence-corrected chi connectivity index (χ3v) is 7.22. The lowest BCUT2D eigenvalue weighted by atomic mass is 9.94. The Hall–Kier alpha value is -1.41. The molecule has 4 nitrogen and oxygen atoms in total. The van der Waals surface area contributed by atoms with Gasteiger partial charge in [-0.15, -0.1) is 11.3 Å². The summed E-state index contributed by atoms with van der Waals surface area (Å²) in [6.45, 7) is 8.56. The Morgan fingerprint density at radius 2 is 2.15 bits per heavy atom. The van der Waals surface area contributed by atoms with E-state index < -0.39 is 0 Å². The van der Waals surface area contributed by atoms with Gasteiger partial charge in [-0.3, -0.25) is 9.36 Å². The predicted molar refractivity (Wildman–Crippen MR) is 117 cm³/mol. The van der Waals surface area contributed by atoms with E-state index in [9.17, 15) is 4.79 Å². The number of halogens is 1. The van der Waals surface area contributed by atoms with Crippen LogP contribution in [0, 0.1) is 0 Å². The second-order valence-corrected chi connectivity index (χ2v) is 10.2. The Bertz CT molecular complexity index is 1090. The van der Waals surface area contributed by atoms with Gasteiger partial charge in [0.2, 0.25) is 0 Å². The minimum Gasteiger partial charge on any atom is -0.370 e. The van der Waals surface area contributed by atoms with Crippen LogP contribution in [0.4, 0.5) is 0 Å². The fraction of sp³-hybridized carbons (Fsp3) is 0.300. The molecule has 27 heavy (non-hydrogen) atoms. The van der Waals surface area contributed by atoms with Crippen LogP contribution in [0.25, 0.3) is 15.9 Å². The molecule has 0 radical (unpaired) electrons.